The van der Waals surface area contributed by atoms with Crippen LogP contribution in [0.1, 0.15) is 0 Å². The number of rotatable bonds is 0. The summed E-state index contributed by atoms with van der Waals surface area (Å²) in [6, 6.07) is 0. The van der Waals surface area contributed by atoms with Gasteiger partial charge in [0.05, 0.1) is 145 Å². The fraction of sp³-hybridized carbons (Fsp3) is 1.00. The van der Waals surface area contributed by atoms with Gasteiger partial charge >= 0.3 is 0 Å². The van der Waals surface area contributed by atoms with Gasteiger partial charge in [-0.15, -0.1) is 0 Å². The Balaban J connectivity index is 1.86. The molecule has 0 saturated carbocycles. The Hall–Kier alpha value is -0.480. The summed E-state index contributed by atoms with van der Waals surface area (Å²) >= 11 is 0. The molecule has 2 aliphatic rings. The smallest absolute Gasteiger partial charge is 0.109 e. The molecule has 2 fully saturated rings. The van der Waals surface area contributed by atoms with E-state index in [4.69, 9.17) is 56.8 Å². The maximum Gasteiger partial charge on any atom is 0.109 e. The van der Waals surface area contributed by atoms with Crippen molar-refractivity contribution < 1.29 is 56.8 Å². The molecule has 0 aromatic carbocycles. The fourth-order valence-corrected chi connectivity index (χ4v) is 3.20. The van der Waals surface area contributed by atoms with Crippen molar-refractivity contribution in [2.75, 3.05) is 145 Å². The molecule has 2 heterocycles. The van der Waals surface area contributed by atoms with Gasteiger partial charge in [0.25, 0.3) is 0 Å². The van der Waals surface area contributed by atoms with Crippen LogP contribution in [0.5, 0.6) is 0 Å². The lowest BCUT2D eigenvalue weighted by atomic mass is 10.2. The molecule has 36 heavy (non-hydrogen) atoms. The first-order valence-corrected chi connectivity index (χ1v) is 13.0. The zero-order valence-electron chi connectivity index (χ0n) is 21.6. The summed E-state index contributed by atoms with van der Waals surface area (Å²) in [6.07, 6.45) is -0.703. The Morgan fingerprint density at radius 3 is 0.667 bits per heavy atom. The van der Waals surface area contributed by atoms with Crippen molar-refractivity contribution in [3.05, 3.63) is 0 Å². The Bertz CT molecular complexity index is 419. The standard InChI is InChI=1S/C24H46O12/c1-2-26-6-8-30-14-16-34-22-24-23(21-33-15-13-29-7-5-25-1)35-19-17-31-11-9-27-3-4-28-10-12-32-18-20-36-24/h23-24H,1-22H2/t23-,24-/m0/s1. The van der Waals surface area contributed by atoms with E-state index in [0.29, 0.717) is 145 Å². The van der Waals surface area contributed by atoms with E-state index in [9.17, 15) is 0 Å². The van der Waals surface area contributed by atoms with Crippen molar-refractivity contribution >= 4 is 0 Å². The Morgan fingerprint density at radius 1 is 0.222 bits per heavy atom. The van der Waals surface area contributed by atoms with Crippen molar-refractivity contribution in [1.82, 2.24) is 0 Å². The minimum atomic E-state index is -0.352. The van der Waals surface area contributed by atoms with Crippen LogP contribution in [0.2, 0.25) is 0 Å². The molecule has 0 spiro atoms. The molecular weight excluding hydrogens is 480 g/mol. The zero-order valence-corrected chi connectivity index (χ0v) is 21.6. The van der Waals surface area contributed by atoms with Crippen LogP contribution in [0.3, 0.4) is 0 Å². The summed E-state index contributed by atoms with van der Waals surface area (Å²) in [5.74, 6) is 0. The zero-order chi connectivity index (χ0) is 25.2. The van der Waals surface area contributed by atoms with E-state index < -0.39 is 0 Å². The number of hydrogen-bond acceptors (Lipinski definition) is 12. The molecule has 0 aliphatic carbocycles. The van der Waals surface area contributed by atoms with Crippen molar-refractivity contribution in [3.63, 3.8) is 0 Å². The van der Waals surface area contributed by atoms with Gasteiger partial charge < -0.3 is 56.8 Å². The van der Waals surface area contributed by atoms with Crippen LogP contribution in [-0.2, 0) is 56.8 Å². The van der Waals surface area contributed by atoms with E-state index in [0.717, 1.165) is 0 Å². The van der Waals surface area contributed by atoms with Crippen LogP contribution >= 0.6 is 0 Å². The number of hydrogen-bond donors (Lipinski definition) is 0. The first-order valence-electron chi connectivity index (χ1n) is 13.0. The molecule has 12 nitrogen and oxygen atoms in total. The quantitative estimate of drug-likeness (QED) is 0.422. The van der Waals surface area contributed by atoms with Crippen LogP contribution in [-0.4, -0.2) is 158 Å². The molecule has 0 bridgehead atoms. The van der Waals surface area contributed by atoms with Gasteiger partial charge in [-0.1, -0.05) is 0 Å². The molecule has 2 atom stereocenters. The third-order valence-corrected chi connectivity index (χ3v) is 5.07. The highest BCUT2D eigenvalue weighted by Gasteiger charge is 2.24. The lowest BCUT2D eigenvalue weighted by Crippen LogP contribution is -2.41. The minimum Gasteiger partial charge on any atom is -0.377 e. The Kier molecular flexibility index (Phi) is 21.9. The molecule has 0 aromatic heterocycles. The van der Waals surface area contributed by atoms with Crippen LogP contribution in [0.4, 0.5) is 0 Å². The van der Waals surface area contributed by atoms with Crippen LogP contribution in [0.25, 0.3) is 0 Å². The second kappa shape index (κ2) is 24.8. The van der Waals surface area contributed by atoms with Gasteiger partial charge in [-0.2, -0.15) is 0 Å². The summed E-state index contributed by atoms with van der Waals surface area (Å²) < 4.78 is 68.1. The van der Waals surface area contributed by atoms with Crippen molar-refractivity contribution in [3.8, 4) is 0 Å². The highest BCUT2D eigenvalue weighted by Crippen LogP contribution is 2.08. The number of ether oxygens (including phenoxy) is 12. The summed E-state index contributed by atoms with van der Waals surface area (Å²) in [5, 5.41) is 0. The van der Waals surface area contributed by atoms with Gasteiger partial charge in [-0.05, 0) is 0 Å². The molecular formula is C24H46O12. The molecule has 2 rings (SSSR count). The van der Waals surface area contributed by atoms with Gasteiger partial charge in [0.2, 0.25) is 0 Å². The molecule has 214 valence electrons. The summed E-state index contributed by atoms with van der Waals surface area (Å²) in [6.45, 7) is 10.2. The summed E-state index contributed by atoms with van der Waals surface area (Å²) in [4.78, 5) is 0. The van der Waals surface area contributed by atoms with E-state index in [2.05, 4.69) is 0 Å². The van der Waals surface area contributed by atoms with E-state index in [1.54, 1.807) is 0 Å². The van der Waals surface area contributed by atoms with Gasteiger partial charge in [-0.3, -0.25) is 0 Å². The predicted octanol–water partition coefficient (Wildman–Crippen LogP) is -0.0500. The van der Waals surface area contributed by atoms with Crippen LogP contribution < -0.4 is 0 Å². The predicted molar refractivity (Wildman–Crippen MR) is 128 cm³/mol. The average Bonchev–Trinajstić information content (AvgIpc) is 2.88. The van der Waals surface area contributed by atoms with Crippen molar-refractivity contribution in [1.29, 1.82) is 0 Å². The molecule has 2 saturated heterocycles. The summed E-state index contributed by atoms with van der Waals surface area (Å²) in [7, 11) is 0. The molecule has 12 heteroatoms. The van der Waals surface area contributed by atoms with Crippen LogP contribution in [0.15, 0.2) is 0 Å². The molecule has 0 amide bonds. The SMILES string of the molecule is C1COCCOCCOC[C@@H]2OCCOCCOCCOCCOCCO[C@H]2COCCOCCO1. The topological polar surface area (TPSA) is 111 Å². The summed E-state index contributed by atoms with van der Waals surface area (Å²) in [5.41, 5.74) is 0. The minimum absolute atomic E-state index is 0.333. The largest absolute Gasteiger partial charge is 0.377 e. The van der Waals surface area contributed by atoms with Crippen LogP contribution in [0, 0.1) is 0 Å². The molecule has 0 radical (unpaired) electrons. The van der Waals surface area contributed by atoms with E-state index in [1.807, 2.05) is 0 Å². The molecule has 0 N–H and O–H groups in total. The highest BCUT2D eigenvalue weighted by atomic mass is 16.6. The van der Waals surface area contributed by atoms with E-state index in [-0.39, 0.29) is 12.2 Å². The normalized spacial score (nSPS) is 28.7. The Labute approximate surface area is 214 Å². The second-order valence-corrected chi connectivity index (χ2v) is 7.87. The monoisotopic (exact) mass is 526 g/mol. The molecule has 0 unspecified atom stereocenters. The Morgan fingerprint density at radius 2 is 0.417 bits per heavy atom. The lowest BCUT2D eigenvalue weighted by molar-refractivity contribution is -0.144. The van der Waals surface area contributed by atoms with Crippen molar-refractivity contribution in [2.24, 2.45) is 0 Å². The second-order valence-electron chi connectivity index (χ2n) is 7.87. The lowest BCUT2D eigenvalue weighted by Gasteiger charge is -2.27. The van der Waals surface area contributed by atoms with Gasteiger partial charge in [0.1, 0.15) is 12.2 Å². The number of fused-ring (bicyclic) bond motifs is 1. The van der Waals surface area contributed by atoms with Gasteiger partial charge in [-0.25, -0.2) is 0 Å². The maximum absolute atomic E-state index is 6.10. The maximum atomic E-state index is 6.10. The third-order valence-electron chi connectivity index (χ3n) is 5.07. The molecule has 0 aromatic rings. The van der Waals surface area contributed by atoms with E-state index in [1.165, 1.54) is 0 Å². The average molecular weight is 527 g/mol. The first-order chi connectivity index (χ1) is 18.0. The third kappa shape index (κ3) is 18.7. The molecule has 2 aliphatic heterocycles. The first kappa shape index (κ1) is 31.7. The van der Waals surface area contributed by atoms with Crippen molar-refractivity contribution in [2.45, 2.75) is 12.2 Å². The highest BCUT2D eigenvalue weighted by molar-refractivity contribution is 4.71. The fourth-order valence-electron chi connectivity index (χ4n) is 3.20. The van der Waals surface area contributed by atoms with Gasteiger partial charge in [0, 0.05) is 0 Å². The van der Waals surface area contributed by atoms with E-state index >= 15 is 0 Å². The van der Waals surface area contributed by atoms with Gasteiger partial charge in [0.15, 0.2) is 0 Å².